The minimum Gasteiger partial charge on any atom is -0.326 e. The summed E-state index contributed by atoms with van der Waals surface area (Å²) in [5.41, 5.74) is 4.86. The van der Waals surface area contributed by atoms with Gasteiger partial charge in [-0.05, 0) is 93.6 Å². The number of carbonyl (C=O) groups is 2. The van der Waals surface area contributed by atoms with E-state index in [-0.39, 0.29) is 22.6 Å². The van der Waals surface area contributed by atoms with Crippen molar-refractivity contribution in [1.29, 1.82) is 0 Å². The molecule has 3 aliphatic carbocycles. The number of aryl methyl sites for hydroxylation is 1. The lowest BCUT2D eigenvalue weighted by Crippen LogP contribution is -2.54. The molecule has 5 nitrogen and oxygen atoms in total. The van der Waals surface area contributed by atoms with Gasteiger partial charge in [0.15, 0.2) is 0 Å². The first-order valence-corrected chi connectivity index (χ1v) is 12.8. The molecule has 3 fully saturated rings. The predicted octanol–water partition coefficient (Wildman–Crippen LogP) is 5.71. The van der Waals surface area contributed by atoms with Crippen molar-refractivity contribution >= 4 is 17.5 Å². The first-order valence-electron chi connectivity index (χ1n) is 12.8. The third-order valence-electron chi connectivity index (χ3n) is 10.1. The molecule has 1 aromatic heterocycles. The van der Waals surface area contributed by atoms with Gasteiger partial charge in [-0.1, -0.05) is 19.4 Å². The summed E-state index contributed by atoms with van der Waals surface area (Å²) in [7, 11) is 1.99. The molecule has 2 amide bonds. The zero-order chi connectivity index (χ0) is 23.5. The van der Waals surface area contributed by atoms with Crippen molar-refractivity contribution in [2.75, 3.05) is 12.4 Å². The maximum atomic E-state index is 13.0. The van der Waals surface area contributed by atoms with E-state index in [0.29, 0.717) is 36.5 Å². The number of fused-ring (bicyclic) bond motifs is 5. The lowest BCUT2D eigenvalue weighted by atomic mass is 9.48. The van der Waals surface area contributed by atoms with Gasteiger partial charge >= 0.3 is 0 Å². The Balaban J connectivity index is 1.35. The zero-order valence-electron chi connectivity index (χ0n) is 20.9. The molecule has 5 heteroatoms. The van der Waals surface area contributed by atoms with Crippen LogP contribution >= 0.6 is 0 Å². The third-order valence-corrected chi connectivity index (χ3v) is 10.1. The van der Waals surface area contributed by atoms with Crippen molar-refractivity contribution in [2.45, 2.75) is 79.1 Å². The summed E-state index contributed by atoms with van der Waals surface area (Å²) in [5.74, 6) is 2.86. The molecule has 4 aliphatic rings. The predicted molar refractivity (Wildman–Crippen MR) is 130 cm³/mol. The highest BCUT2D eigenvalue weighted by Gasteiger charge is 2.60. The summed E-state index contributed by atoms with van der Waals surface area (Å²) in [6.07, 6.45) is 9.94. The highest BCUT2D eigenvalue weighted by Crippen LogP contribution is 2.67. The average Bonchev–Trinajstić information content (AvgIpc) is 3.07. The van der Waals surface area contributed by atoms with Gasteiger partial charge in [-0.2, -0.15) is 0 Å². The molecule has 0 spiro atoms. The van der Waals surface area contributed by atoms with E-state index in [1.54, 1.807) is 6.20 Å². The molecule has 33 heavy (non-hydrogen) atoms. The van der Waals surface area contributed by atoms with E-state index >= 15 is 0 Å². The first-order chi connectivity index (χ1) is 15.6. The van der Waals surface area contributed by atoms with E-state index in [1.165, 1.54) is 30.5 Å². The van der Waals surface area contributed by atoms with Crippen LogP contribution in [0.3, 0.4) is 0 Å². The molecule has 6 atom stereocenters. The molecule has 0 radical (unpaired) electrons. The van der Waals surface area contributed by atoms with E-state index in [4.69, 9.17) is 0 Å². The molecule has 1 N–H and O–H groups in total. The molecule has 1 aromatic rings. The number of anilines is 1. The molecule has 2 heterocycles. The third kappa shape index (κ3) is 3.54. The number of amides is 2. The van der Waals surface area contributed by atoms with Crippen LogP contribution in [-0.2, 0) is 9.59 Å². The fraction of sp³-hybridized carbons (Fsp3) is 0.679. The van der Waals surface area contributed by atoms with Crippen molar-refractivity contribution in [1.82, 2.24) is 9.88 Å². The quantitative estimate of drug-likeness (QED) is 0.642. The molecule has 0 aromatic carbocycles. The Morgan fingerprint density at radius 3 is 2.73 bits per heavy atom. The molecule has 0 bridgehead atoms. The SMILES string of the molecule is CC1=C2N(C)C(=O)CC[C@]2(C)[C@H]2CC[C@]3(C)[C@@H](CC(=O)Nc4ccnc(C)c4)CC[C@H]3[C@@H]2C1. The monoisotopic (exact) mass is 449 g/mol. The Bertz CT molecular complexity index is 1020. The van der Waals surface area contributed by atoms with E-state index in [2.05, 4.69) is 31.1 Å². The van der Waals surface area contributed by atoms with Crippen molar-refractivity contribution < 1.29 is 9.59 Å². The van der Waals surface area contributed by atoms with Gasteiger partial charge in [0.2, 0.25) is 11.8 Å². The van der Waals surface area contributed by atoms with Gasteiger partial charge in [0.25, 0.3) is 0 Å². The molecule has 5 rings (SSSR count). The summed E-state index contributed by atoms with van der Waals surface area (Å²) < 4.78 is 0. The van der Waals surface area contributed by atoms with Crippen LogP contribution in [0, 0.1) is 41.4 Å². The van der Waals surface area contributed by atoms with E-state index in [0.717, 1.165) is 30.6 Å². The molecular formula is C28H39N3O2. The van der Waals surface area contributed by atoms with Gasteiger partial charge in [0.1, 0.15) is 0 Å². The summed E-state index contributed by atoms with van der Waals surface area (Å²) in [5, 5.41) is 3.11. The maximum Gasteiger partial charge on any atom is 0.226 e. The number of hydrogen-bond acceptors (Lipinski definition) is 3. The minimum absolute atomic E-state index is 0.117. The van der Waals surface area contributed by atoms with Gasteiger partial charge in [-0.3, -0.25) is 14.6 Å². The Labute approximate surface area is 198 Å². The van der Waals surface area contributed by atoms with Gasteiger partial charge in [0, 0.05) is 48.6 Å². The topological polar surface area (TPSA) is 62.3 Å². The van der Waals surface area contributed by atoms with Gasteiger partial charge in [-0.15, -0.1) is 0 Å². The Hall–Kier alpha value is -2.17. The normalized spacial score (nSPS) is 38.0. The number of aromatic nitrogens is 1. The average molecular weight is 450 g/mol. The first kappa shape index (κ1) is 22.6. The summed E-state index contributed by atoms with van der Waals surface area (Å²) in [4.78, 5) is 31.6. The fourth-order valence-electron chi connectivity index (χ4n) is 8.61. The second kappa shape index (κ2) is 7.95. The summed E-state index contributed by atoms with van der Waals surface area (Å²) in [6.45, 7) is 9.12. The number of pyridine rings is 1. The number of nitrogens with one attached hydrogen (secondary N) is 1. The van der Waals surface area contributed by atoms with Crippen LogP contribution in [0.25, 0.3) is 0 Å². The number of allylic oxidation sites excluding steroid dienone is 2. The van der Waals surface area contributed by atoms with E-state index < -0.39 is 0 Å². The van der Waals surface area contributed by atoms with Crippen LogP contribution in [0.2, 0.25) is 0 Å². The van der Waals surface area contributed by atoms with E-state index in [1.807, 2.05) is 31.0 Å². The summed E-state index contributed by atoms with van der Waals surface area (Å²) in [6, 6.07) is 3.81. The number of likely N-dealkylation sites (tertiary alicyclic amines) is 1. The number of nitrogens with zero attached hydrogens (tertiary/aromatic N) is 2. The van der Waals surface area contributed by atoms with Crippen LogP contribution in [0.1, 0.15) is 77.8 Å². The van der Waals surface area contributed by atoms with Crippen LogP contribution in [-0.4, -0.2) is 28.7 Å². The van der Waals surface area contributed by atoms with Crippen LogP contribution in [0.4, 0.5) is 5.69 Å². The molecule has 1 saturated heterocycles. The number of rotatable bonds is 3. The van der Waals surface area contributed by atoms with Crippen molar-refractivity contribution in [3.8, 4) is 0 Å². The molecule has 1 aliphatic heterocycles. The second-order valence-corrected chi connectivity index (χ2v) is 11.8. The highest BCUT2D eigenvalue weighted by atomic mass is 16.2. The number of hydrogen-bond donors (Lipinski definition) is 1. The smallest absolute Gasteiger partial charge is 0.226 e. The Morgan fingerprint density at radius 1 is 1.18 bits per heavy atom. The van der Waals surface area contributed by atoms with Gasteiger partial charge in [-0.25, -0.2) is 0 Å². The van der Waals surface area contributed by atoms with Crippen LogP contribution in [0.5, 0.6) is 0 Å². The van der Waals surface area contributed by atoms with Crippen LogP contribution < -0.4 is 5.32 Å². The van der Waals surface area contributed by atoms with Crippen molar-refractivity contribution in [2.24, 2.45) is 34.5 Å². The van der Waals surface area contributed by atoms with Gasteiger partial charge < -0.3 is 10.2 Å². The molecule has 0 unspecified atom stereocenters. The van der Waals surface area contributed by atoms with Crippen molar-refractivity contribution in [3.63, 3.8) is 0 Å². The minimum atomic E-state index is 0.117. The second-order valence-electron chi connectivity index (χ2n) is 11.8. The molecule has 178 valence electrons. The standard InChI is InChI=1S/C28H39N3O2/c1-17-14-21-22-7-6-19(16-24(32)30-20-10-13-29-18(2)15-20)27(22,3)11-8-23(21)28(4)12-9-25(33)31(5)26(17)28/h10,13,15,19,21-23H,6-9,11-12,14,16H2,1-5H3,(H,29,30,32)/t19-,21+,22+,23+,27-,28-/m1/s1. The van der Waals surface area contributed by atoms with E-state index in [9.17, 15) is 9.59 Å². The fourth-order valence-corrected chi connectivity index (χ4v) is 8.61. The molecule has 2 saturated carbocycles. The van der Waals surface area contributed by atoms with Crippen LogP contribution in [0.15, 0.2) is 29.6 Å². The lowest BCUT2D eigenvalue weighted by molar-refractivity contribution is -0.136. The van der Waals surface area contributed by atoms with Crippen molar-refractivity contribution in [3.05, 3.63) is 35.3 Å². The molecular weight excluding hydrogens is 410 g/mol. The lowest BCUT2D eigenvalue weighted by Gasteiger charge is -2.59. The largest absolute Gasteiger partial charge is 0.326 e. The highest BCUT2D eigenvalue weighted by molar-refractivity contribution is 5.90. The Kier molecular flexibility index (Phi) is 5.45. The Morgan fingerprint density at radius 2 is 1.97 bits per heavy atom. The number of carbonyl (C=O) groups excluding carboxylic acids is 2. The summed E-state index contributed by atoms with van der Waals surface area (Å²) >= 11 is 0. The number of piperidine rings is 1. The van der Waals surface area contributed by atoms with Gasteiger partial charge in [0.05, 0.1) is 0 Å². The maximum absolute atomic E-state index is 13.0. The zero-order valence-corrected chi connectivity index (χ0v) is 20.9.